The van der Waals surface area contributed by atoms with Crippen molar-refractivity contribution in [3.8, 4) is 5.69 Å². The van der Waals surface area contributed by atoms with Gasteiger partial charge in [-0.1, -0.05) is 91.7 Å². The van der Waals surface area contributed by atoms with Crippen molar-refractivity contribution in [3.63, 3.8) is 0 Å². The van der Waals surface area contributed by atoms with E-state index >= 15 is 0 Å². The van der Waals surface area contributed by atoms with Gasteiger partial charge in [-0.05, 0) is 115 Å². The van der Waals surface area contributed by atoms with Crippen molar-refractivity contribution < 1.29 is 27.6 Å². The van der Waals surface area contributed by atoms with Crippen molar-refractivity contribution in [2.75, 3.05) is 31.1 Å². The van der Waals surface area contributed by atoms with Crippen molar-refractivity contribution in [3.05, 3.63) is 153 Å². The number of sulfonamides is 1. The Labute approximate surface area is 378 Å². The molecule has 1 fully saturated rings. The van der Waals surface area contributed by atoms with Gasteiger partial charge in [-0.15, -0.1) is 0 Å². The summed E-state index contributed by atoms with van der Waals surface area (Å²) in [5.74, 6) is -1.59. The lowest BCUT2D eigenvalue weighted by molar-refractivity contribution is -0.132. The summed E-state index contributed by atoms with van der Waals surface area (Å²) in [5.41, 5.74) is 4.44. The number of carbonyl (C=O) groups excluding carboxylic acids is 4. The number of unbranched alkanes of at least 4 members (excludes halogenated alkanes) is 1. The van der Waals surface area contributed by atoms with Crippen LogP contribution in [0.5, 0.6) is 0 Å². The molecule has 2 aliphatic rings. The van der Waals surface area contributed by atoms with E-state index in [9.17, 15) is 27.6 Å². The number of rotatable bonds is 13. The van der Waals surface area contributed by atoms with Gasteiger partial charge in [-0.2, -0.15) is 5.10 Å². The number of anilines is 1. The molecular weight excluding hydrogens is 848 g/mol. The second kappa shape index (κ2) is 19.2. The second-order valence-corrected chi connectivity index (χ2v) is 18.6. The minimum Gasteiger partial charge on any atom is -0.343 e. The zero-order valence-corrected chi connectivity index (χ0v) is 37.6. The molecule has 12 nitrogen and oxygen atoms in total. The number of hydrogen-bond donors (Lipinski definition) is 1. The van der Waals surface area contributed by atoms with E-state index in [1.807, 2.05) is 72.5 Å². The minimum atomic E-state index is -4.31. The predicted octanol–water partition coefficient (Wildman–Crippen LogP) is 8.70. The van der Waals surface area contributed by atoms with Gasteiger partial charge in [0.2, 0.25) is 5.91 Å². The third-order valence-corrected chi connectivity index (χ3v) is 14.0. The molecule has 0 aliphatic carbocycles. The van der Waals surface area contributed by atoms with Crippen LogP contribution in [0.3, 0.4) is 0 Å². The molecule has 0 radical (unpaired) electrons. The fourth-order valence-electron chi connectivity index (χ4n) is 8.49. The molecule has 64 heavy (non-hydrogen) atoms. The topological polar surface area (TPSA) is 142 Å². The molecule has 14 heteroatoms. The largest absolute Gasteiger partial charge is 0.343 e. The molecule has 6 aromatic rings. The Hall–Kier alpha value is -6.31. The van der Waals surface area contributed by atoms with Crippen molar-refractivity contribution in [2.45, 2.75) is 76.7 Å². The monoisotopic (exact) mass is 898 g/mol. The molecule has 1 saturated heterocycles. The number of aryl methyl sites for hydroxylation is 1. The number of nitrogens with one attached hydrogen (secondary N) is 1. The predicted molar refractivity (Wildman–Crippen MR) is 249 cm³/mol. The molecule has 1 N–H and O–H groups in total. The number of halogens is 1. The summed E-state index contributed by atoms with van der Waals surface area (Å²) in [6, 6.07) is 31.8. The summed E-state index contributed by atoms with van der Waals surface area (Å²) in [6.07, 6.45) is 6.45. The SMILES string of the molecule is CCCCN(C(=O)c1nn(-c2ccc(C(=O)NS(=O)(=O)c3ccc4ccccc4c3)cc2C(=O)N2CCc3ccccc3C2)c(C)c1Cl)c1ccc(CCC(=O)N2CCCCC2)cc1. The number of piperidine rings is 1. The third kappa shape index (κ3) is 9.46. The standard InChI is InChI=1S/C50H51ClN6O6S/c1-3-4-29-56(41-21-16-35(17-22-41)18-25-45(58)54-27-10-5-11-28-54)50(61)47-46(51)34(2)57(52-47)44-24-20-39(32-43(44)49(60)55-30-26-37-13-7-9-15-40(37)33-55)48(59)53-64(62,63)42-23-19-36-12-6-8-14-38(36)31-42/h6-9,12-17,19-24,31-32H,3-5,10-11,18,25-30,33H2,1-2H3,(H,53,59). The lowest BCUT2D eigenvalue weighted by atomic mass is 9.98. The zero-order chi connectivity index (χ0) is 45.0. The fraction of sp³-hybridized carbons (Fsp3) is 0.300. The summed E-state index contributed by atoms with van der Waals surface area (Å²) in [5, 5.41) is 6.40. The quantitative estimate of drug-likeness (QED) is 0.122. The van der Waals surface area contributed by atoms with E-state index in [2.05, 4.69) is 4.72 Å². The number of aromatic nitrogens is 2. The Morgan fingerprint density at radius 1 is 0.797 bits per heavy atom. The molecule has 5 aromatic carbocycles. The molecule has 0 spiro atoms. The normalized spacial score (nSPS) is 14.0. The molecule has 0 unspecified atom stereocenters. The third-order valence-electron chi connectivity index (χ3n) is 12.2. The number of fused-ring (bicyclic) bond motifs is 2. The Bertz CT molecular complexity index is 2850. The molecule has 330 valence electrons. The van der Waals surface area contributed by atoms with Gasteiger partial charge in [0.05, 0.1) is 26.9 Å². The van der Waals surface area contributed by atoms with Crippen molar-refractivity contribution in [1.29, 1.82) is 0 Å². The van der Waals surface area contributed by atoms with Crippen molar-refractivity contribution in [2.24, 2.45) is 0 Å². The van der Waals surface area contributed by atoms with Gasteiger partial charge in [0, 0.05) is 50.4 Å². The van der Waals surface area contributed by atoms with Crippen molar-refractivity contribution in [1.82, 2.24) is 24.3 Å². The second-order valence-electron chi connectivity index (χ2n) is 16.5. The highest BCUT2D eigenvalue weighted by molar-refractivity contribution is 7.90. The van der Waals surface area contributed by atoms with Crippen LogP contribution in [0.2, 0.25) is 5.02 Å². The van der Waals surface area contributed by atoms with Gasteiger partial charge in [-0.3, -0.25) is 19.2 Å². The van der Waals surface area contributed by atoms with Gasteiger partial charge in [-0.25, -0.2) is 17.8 Å². The molecule has 2 aliphatic heterocycles. The molecule has 8 rings (SSSR count). The van der Waals surface area contributed by atoms with Crippen LogP contribution in [-0.2, 0) is 34.2 Å². The number of amides is 4. The van der Waals surface area contributed by atoms with Gasteiger partial charge in [0.1, 0.15) is 0 Å². The highest BCUT2D eigenvalue weighted by Gasteiger charge is 2.31. The first-order valence-corrected chi connectivity index (χ1v) is 23.8. The van der Waals surface area contributed by atoms with E-state index in [1.54, 1.807) is 34.9 Å². The Balaban J connectivity index is 1.09. The van der Waals surface area contributed by atoms with Crippen LogP contribution in [0.25, 0.3) is 16.5 Å². The summed E-state index contributed by atoms with van der Waals surface area (Å²) >= 11 is 6.98. The van der Waals surface area contributed by atoms with E-state index in [1.165, 1.54) is 35.0 Å². The average molecular weight is 900 g/mol. The van der Waals surface area contributed by atoms with Crippen LogP contribution in [0, 0.1) is 6.92 Å². The zero-order valence-electron chi connectivity index (χ0n) is 36.1. The van der Waals surface area contributed by atoms with E-state index in [-0.39, 0.29) is 38.3 Å². The summed E-state index contributed by atoms with van der Waals surface area (Å²) in [7, 11) is -4.31. The first kappa shape index (κ1) is 44.3. The van der Waals surface area contributed by atoms with E-state index < -0.39 is 27.7 Å². The van der Waals surface area contributed by atoms with Crippen LogP contribution in [0.4, 0.5) is 5.69 Å². The van der Waals surface area contributed by atoms with Crippen LogP contribution in [0.1, 0.15) is 99.0 Å². The molecule has 3 heterocycles. The Kier molecular flexibility index (Phi) is 13.3. The maximum Gasteiger partial charge on any atom is 0.280 e. The summed E-state index contributed by atoms with van der Waals surface area (Å²) in [6.45, 7) is 6.50. The highest BCUT2D eigenvalue weighted by atomic mass is 35.5. The molecule has 0 saturated carbocycles. The molecule has 4 amide bonds. The number of likely N-dealkylation sites (tertiary alicyclic amines) is 1. The fourth-order valence-corrected chi connectivity index (χ4v) is 9.70. The van der Waals surface area contributed by atoms with Gasteiger partial charge in [0.15, 0.2) is 5.69 Å². The van der Waals surface area contributed by atoms with Crippen LogP contribution in [-0.4, -0.2) is 77.8 Å². The summed E-state index contributed by atoms with van der Waals surface area (Å²) in [4.78, 5) is 61.0. The van der Waals surface area contributed by atoms with Crippen LogP contribution < -0.4 is 9.62 Å². The number of benzene rings is 5. The smallest absolute Gasteiger partial charge is 0.280 e. The molecule has 0 bridgehead atoms. The lowest BCUT2D eigenvalue weighted by Crippen LogP contribution is -2.37. The lowest BCUT2D eigenvalue weighted by Gasteiger charge is -2.29. The van der Waals surface area contributed by atoms with Crippen LogP contribution >= 0.6 is 11.6 Å². The highest BCUT2D eigenvalue weighted by Crippen LogP contribution is 2.31. The van der Waals surface area contributed by atoms with Crippen LogP contribution in [0.15, 0.2) is 114 Å². The van der Waals surface area contributed by atoms with Gasteiger partial charge >= 0.3 is 0 Å². The van der Waals surface area contributed by atoms with Crippen molar-refractivity contribution >= 4 is 61.7 Å². The molecule has 0 atom stereocenters. The minimum absolute atomic E-state index is 0.0138. The Morgan fingerprint density at radius 2 is 1.52 bits per heavy atom. The van der Waals surface area contributed by atoms with E-state index in [4.69, 9.17) is 16.7 Å². The van der Waals surface area contributed by atoms with E-state index in [0.717, 1.165) is 60.8 Å². The van der Waals surface area contributed by atoms with Gasteiger partial charge < -0.3 is 14.7 Å². The molecular formula is C50H51ClN6O6S. The number of hydrogen-bond acceptors (Lipinski definition) is 7. The summed E-state index contributed by atoms with van der Waals surface area (Å²) < 4.78 is 30.7. The maximum atomic E-state index is 14.7. The Morgan fingerprint density at radius 3 is 2.27 bits per heavy atom. The van der Waals surface area contributed by atoms with E-state index in [0.29, 0.717) is 62.1 Å². The maximum absolute atomic E-state index is 14.7. The first-order chi connectivity index (χ1) is 30.9. The number of carbonyl (C=O) groups is 4. The average Bonchev–Trinajstić information content (AvgIpc) is 3.62. The number of nitrogens with zero attached hydrogens (tertiary/aromatic N) is 5. The first-order valence-electron chi connectivity index (χ1n) is 21.9. The van der Waals surface area contributed by atoms with Gasteiger partial charge in [0.25, 0.3) is 27.7 Å². The molecule has 1 aromatic heterocycles.